The molecule has 1 atom stereocenters. The summed E-state index contributed by atoms with van der Waals surface area (Å²) < 4.78 is 5.55. The molecule has 0 amide bonds. The summed E-state index contributed by atoms with van der Waals surface area (Å²) in [7, 11) is 1.75. The van der Waals surface area contributed by atoms with E-state index in [1.807, 2.05) is 17.4 Å². The van der Waals surface area contributed by atoms with E-state index in [1.165, 1.54) is 15.3 Å². The van der Waals surface area contributed by atoms with Gasteiger partial charge in [0.1, 0.15) is 5.75 Å². The first-order chi connectivity index (χ1) is 10.3. The van der Waals surface area contributed by atoms with Gasteiger partial charge in [0.15, 0.2) is 0 Å². The highest BCUT2D eigenvalue weighted by atomic mass is 35.5. The van der Waals surface area contributed by atoms with Crippen LogP contribution in [0.2, 0.25) is 0 Å². The van der Waals surface area contributed by atoms with Crippen molar-refractivity contribution in [1.82, 2.24) is 10.2 Å². The van der Waals surface area contributed by atoms with Crippen LogP contribution in [0.15, 0.2) is 36.4 Å². The van der Waals surface area contributed by atoms with Crippen molar-refractivity contribution in [2.75, 3.05) is 26.7 Å². The van der Waals surface area contributed by atoms with Gasteiger partial charge >= 0.3 is 0 Å². The molecule has 1 N–H and O–H groups in total. The van der Waals surface area contributed by atoms with Gasteiger partial charge in [-0.2, -0.15) is 0 Å². The molecular formula is C17H23ClN2OS. The van der Waals surface area contributed by atoms with Crippen LogP contribution in [-0.4, -0.2) is 31.6 Å². The monoisotopic (exact) mass is 338 g/mol. The van der Waals surface area contributed by atoms with E-state index in [1.54, 1.807) is 7.11 Å². The molecule has 1 aromatic heterocycles. The molecular weight excluding hydrogens is 316 g/mol. The quantitative estimate of drug-likeness (QED) is 0.921. The van der Waals surface area contributed by atoms with Crippen LogP contribution in [0.3, 0.4) is 0 Å². The molecule has 0 radical (unpaired) electrons. The summed E-state index contributed by atoms with van der Waals surface area (Å²) >= 11 is 1.90. The molecule has 0 saturated carbocycles. The summed E-state index contributed by atoms with van der Waals surface area (Å²) in [6, 6.07) is 13.2. The Morgan fingerprint density at radius 3 is 2.82 bits per heavy atom. The lowest BCUT2D eigenvalue weighted by atomic mass is 10.0. The smallest absolute Gasteiger partial charge is 0.123 e. The Balaban J connectivity index is 0.00000176. The second-order valence-corrected chi connectivity index (χ2v) is 6.82. The van der Waals surface area contributed by atoms with Gasteiger partial charge in [-0.25, -0.2) is 0 Å². The largest absolute Gasteiger partial charge is 0.496 e. The minimum absolute atomic E-state index is 0. The van der Waals surface area contributed by atoms with E-state index in [0.717, 1.165) is 31.9 Å². The minimum Gasteiger partial charge on any atom is -0.496 e. The fraction of sp³-hybridized carbons (Fsp3) is 0.412. The number of rotatable bonds is 4. The van der Waals surface area contributed by atoms with Gasteiger partial charge in [-0.1, -0.05) is 18.2 Å². The van der Waals surface area contributed by atoms with Crippen LogP contribution >= 0.6 is 23.7 Å². The molecule has 1 unspecified atom stereocenters. The molecule has 120 valence electrons. The Kier molecular flexibility index (Phi) is 6.26. The first kappa shape index (κ1) is 17.3. The van der Waals surface area contributed by atoms with Crippen molar-refractivity contribution < 1.29 is 4.74 Å². The van der Waals surface area contributed by atoms with Crippen LogP contribution in [0.1, 0.15) is 21.4 Å². The van der Waals surface area contributed by atoms with E-state index >= 15 is 0 Å². The molecule has 22 heavy (non-hydrogen) atoms. The highest BCUT2D eigenvalue weighted by molar-refractivity contribution is 7.11. The van der Waals surface area contributed by atoms with Crippen molar-refractivity contribution in [2.24, 2.45) is 0 Å². The molecule has 1 fully saturated rings. The number of hydrogen-bond acceptors (Lipinski definition) is 4. The second kappa shape index (κ2) is 7.97. The maximum atomic E-state index is 5.55. The average Bonchev–Trinajstić information content (AvgIpc) is 2.93. The van der Waals surface area contributed by atoms with Crippen molar-refractivity contribution in [3.63, 3.8) is 0 Å². The first-order valence-electron chi connectivity index (χ1n) is 7.41. The number of thiophene rings is 1. The average molecular weight is 339 g/mol. The molecule has 1 aliphatic heterocycles. The van der Waals surface area contributed by atoms with E-state index in [4.69, 9.17) is 4.74 Å². The number of ether oxygens (including phenoxy) is 1. The Morgan fingerprint density at radius 1 is 1.27 bits per heavy atom. The number of aryl methyl sites for hydroxylation is 1. The lowest BCUT2D eigenvalue weighted by Gasteiger charge is -2.36. The maximum Gasteiger partial charge on any atom is 0.123 e. The highest BCUT2D eigenvalue weighted by Gasteiger charge is 2.26. The number of hydrogen-bond donors (Lipinski definition) is 1. The third kappa shape index (κ3) is 3.82. The number of nitrogens with one attached hydrogen (secondary N) is 1. The highest BCUT2D eigenvalue weighted by Crippen LogP contribution is 2.31. The molecule has 1 aliphatic rings. The zero-order chi connectivity index (χ0) is 14.7. The van der Waals surface area contributed by atoms with Gasteiger partial charge in [-0.3, -0.25) is 4.90 Å². The van der Waals surface area contributed by atoms with Crippen LogP contribution in [0, 0.1) is 6.92 Å². The number of benzene rings is 1. The lowest BCUT2D eigenvalue weighted by molar-refractivity contribution is 0.152. The topological polar surface area (TPSA) is 24.5 Å². The Morgan fingerprint density at radius 2 is 2.09 bits per heavy atom. The lowest BCUT2D eigenvalue weighted by Crippen LogP contribution is -2.45. The number of para-hydroxylation sites is 1. The zero-order valence-electron chi connectivity index (χ0n) is 13.0. The van der Waals surface area contributed by atoms with Gasteiger partial charge in [0, 0.05) is 41.5 Å². The van der Waals surface area contributed by atoms with Crippen molar-refractivity contribution in [3.8, 4) is 5.75 Å². The molecule has 3 nitrogen and oxygen atoms in total. The number of piperazine rings is 1. The zero-order valence-corrected chi connectivity index (χ0v) is 14.7. The first-order valence-corrected chi connectivity index (χ1v) is 8.22. The van der Waals surface area contributed by atoms with Gasteiger partial charge < -0.3 is 10.1 Å². The van der Waals surface area contributed by atoms with Crippen molar-refractivity contribution in [1.29, 1.82) is 0 Å². The second-order valence-electron chi connectivity index (χ2n) is 5.44. The van der Waals surface area contributed by atoms with Crippen LogP contribution in [-0.2, 0) is 6.54 Å². The summed E-state index contributed by atoms with van der Waals surface area (Å²) in [6.07, 6.45) is 0. The van der Waals surface area contributed by atoms with Gasteiger partial charge in [0.2, 0.25) is 0 Å². The number of methoxy groups -OCH3 is 1. The van der Waals surface area contributed by atoms with Crippen LogP contribution in [0.5, 0.6) is 5.75 Å². The van der Waals surface area contributed by atoms with Crippen LogP contribution in [0.4, 0.5) is 0 Å². The Labute approximate surface area is 142 Å². The van der Waals surface area contributed by atoms with E-state index in [-0.39, 0.29) is 12.4 Å². The molecule has 3 rings (SSSR count). The van der Waals surface area contributed by atoms with E-state index < -0.39 is 0 Å². The van der Waals surface area contributed by atoms with Gasteiger partial charge in [0.25, 0.3) is 0 Å². The summed E-state index contributed by atoms with van der Waals surface area (Å²) in [5.41, 5.74) is 1.28. The molecule has 2 heterocycles. The van der Waals surface area contributed by atoms with Crippen molar-refractivity contribution in [2.45, 2.75) is 19.5 Å². The maximum absolute atomic E-state index is 5.55. The summed E-state index contributed by atoms with van der Waals surface area (Å²) in [6.45, 7) is 6.28. The molecule has 0 spiro atoms. The summed E-state index contributed by atoms with van der Waals surface area (Å²) in [4.78, 5) is 5.38. The predicted octanol–water partition coefficient (Wildman–Crippen LogP) is 3.63. The third-order valence-electron chi connectivity index (χ3n) is 4.01. The van der Waals surface area contributed by atoms with E-state index in [0.29, 0.717) is 6.04 Å². The molecule has 0 aliphatic carbocycles. The van der Waals surface area contributed by atoms with Crippen molar-refractivity contribution >= 4 is 23.7 Å². The normalized spacial score (nSPS) is 18.7. The summed E-state index contributed by atoms with van der Waals surface area (Å²) in [5, 5.41) is 3.51. The van der Waals surface area contributed by atoms with Gasteiger partial charge in [-0.05, 0) is 25.1 Å². The van der Waals surface area contributed by atoms with Crippen LogP contribution < -0.4 is 10.1 Å². The molecule has 5 heteroatoms. The minimum atomic E-state index is 0. The fourth-order valence-electron chi connectivity index (χ4n) is 2.95. The fourth-order valence-corrected chi connectivity index (χ4v) is 3.87. The SMILES string of the molecule is COc1ccccc1C1CNCCN1Cc1ccc(C)s1.Cl. The van der Waals surface area contributed by atoms with E-state index in [2.05, 4.69) is 47.5 Å². The van der Waals surface area contributed by atoms with Gasteiger partial charge in [-0.15, -0.1) is 23.7 Å². The van der Waals surface area contributed by atoms with Crippen molar-refractivity contribution in [3.05, 3.63) is 51.7 Å². The Hall–Kier alpha value is -1.07. The third-order valence-corrected chi connectivity index (χ3v) is 4.99. The molecule has 1 saturated heterocycles. The van der Waals surface area contributed by atoms with E-state index in [9.17, 15) is 0 Å². The molecule has 2 aromatic rings. The van der Waals surface area contributed by atoms with Crippen LogP contribution in [0.25, 0.3) is 0 Å². The Bertz CT molecular complexity index is 602. The summed E-state index contributed by atoms with van der Waals surface area (Å²) in [5.74, 6) is 0.985. The number of halogens is 1. The molecule has 0 bridgehead atoms. The predicted molar refractivity (Wildman–Crippen MR) is 95.3 cm³/mol. The van der Waals surface area contributed by atoms with Gasteiger partial charge in [0.05, 0.1) is 13.2 Å². The molecule has 1 aromatic carbocycles. The standard InChI is InChI=1S/C17H22N2OS.ClH/c1-13-7-8-14(21-13)12-19-10-9-18-11-16(19)15-5-3-4-6-17(15)20-2;/h3-8,16,18H,9-12H2,1-2H3;1H. The number of nitrogens with zero attached hydrogens (tertiary/aromatic N) is 1.